The summed E-state index contributed by atoms with van der Waals surface area (Å²) in [6.45, 7) is 0. The van der Waals surface area contributed by atoms with E-state index in [0.717, 1.165) is 28.5 Å². The number of hydrogen-bond donors (Lipinski definition) is 1. The maximum atomic E-state index is 13.3. The van der Waals surface area contributed by atoms with Gasteiger partial charge in [-0.2, -0.15) is 0 Å². The zero-order valence-electron chi connectivity index (χ0n) is 13.8. The number of nitrogens with one attached hydrogen (secondary N) is 1. The highest BCUT2D eigenvalue weighted by atomic mass is 35.5. The first kappa shape index (κ1) is 17.3. The van der Waals surface area contributed by atoms with E-state index in [2.05, 4.69) is 5.32 Å². The molecule has 0 spiro atoms. The van der Waals surface area contributed by atoms with Crippen LogP contribution in [0, 0.1) is 5.82 Å². The summed E-state index contributed by atoms with van der Waals surface area (Å²) in [4.78, 5) is 25.9. The lowest BCUT2D eigenvalue weighted by atomic mass is 10.1. The Kier molecular flexibility index (Phi) is 4.67. The van der Waals surface area contributed by atoms with E-state index in [-0.39, 0.29) is 10.7 Å². The van der Waals surface area contributed by atoms with Gasteiger partial charge >= 0.3 is 12.1 Å². The van der Waals surface area contributed by atoms with Crippen LogP contribution in [0.3, 0.4) is 0 Å². The van der Waals surface area contributed by atoms with Crippen LogP contribution in [0.4, 0.5) is 19.7 Å². The molecule has 1 N–H and O–H groups in total. The topological polar surface area (TPSA) is 63.6 Å². The minimum atomic E-state index is -0.757. The van der Waals surface area contributed by atoms with E-state index in [1.54, 1.807) is 0 Å². The zero-order chi connectivity index (χ0) is 18.1. The maximum Gasteiger partial charge on any atom is 0.418 e. The molecule has 0 saturated heterocycles. The van der Waals surface area contributed by atoms with Crippen molar-refractivity contribution in [1.29, 1.82) is 0 Å². The number of aryl methyl sites for hydroxylation is 2. The number of aromatic nitrogens is 1. The van der Waals surface area contributed by atoms with Crippen molar-refractivity contribution in [2.75, 3.05) is 12.4 Å². The molecule has 0 unspecified atom stereocenters. The lowest BCUT2D eigenvalue weighted by Gasteiger charge is -2.26. The molecule has 1 atom stereocenters. The number of carbonyl (C=O) groups excluding carboxylic acids is 2. The van der Waals surface area contributed by atoms with Gasteiger partial charge in [0.25, 0.3) is 0 Å². The Bertz CT molecular complexity index is 837. The van der Waals surface area contributed by atoms with Crippen LogP contribution < -0.4 is 5.32 Å². The summed E-state index contributed by atoms with van der Waals surface area (Å²) in [5.74, 6) is -0.589. The molecule has 2 aromatic rings. The van der Waals surface area contributed by atoms with E-state index in [1.165, 1.54) is 19.2 Å². The Morgan fingerprint density at radius 2 is 2.16 bits per heavy atom. The van der Waals surface area contributed by atoms with E-state index in [1.807, 2.05) is 24.0 Å². The molecule has 1 aliphatic carbocycles. The van der Waals surface area contributed by atoms with E-state index < -0.39 is 24.0 Å². The SMILES string of the molecule is COC(=O)N(C(=O)Nc1ccc(F)c(Cl)c1)[C@H]1CCc2cn(C)cc21. The van der Waals surface area contributed by atoms with Crippen LogP contribution in [0.1, 0.15) is 23.6 Å². The predicted octanol–water partition coefficient (Wildman–Crippen LogP) is 4.11. The van der Waals surface area contributed by atoms with Gasteiger partial charge in [0.15, 0.2) is 0 Å². The van der Waals surface area contributed by atoms with Gasteiger partial charge in [0.2, 0.25) is 0 Å². The summed E-state index contributed by atoms with van der Waals surface area (Å²) < 4.78 is 19.9. The van der Waals surface area contributed by atoms with Crippen molar-refractivity contribution >= 4 is 29.4 Å². The molecule has 1 aliphatic rings. The third kappa shape index (κ3) is 3.32. The Labute approximate surface area is 149 Å². The van der Waals surface area contributed by atoms with Crippen LogP contribution in [-0.2, 0) is 18.2 Å². The quantitative estimate of drug-likeness (QED) is 0.871. The monoisotopic (exact) mass is 365 g/mol. The highest BCUT2D eigenvalue weighted by Gasteiger charge is 2.37. The molecule has 3 rings (SSSR count). The number of rotatable bonds is 2. The molecular formula is C17H17ClFN3O3. The molecule has 3 amide bonds. The molecular weight excluding hydrogens is 349 g/mol. The van der Waals surface area contributed by atoms with Gasteiger partial charge in [0, 0.05) is 25.1 Å². The molecule has 8 heteroatoms. The fraction of sp³-hybridized carbons (Fsp3) is 0.294. The summed E-state index contributed by atoms with van der Waals surface area (Å²) in [6, 6.07) is 2.73. The van der Waals surface area contributed by atoms with Gasteiger partial charge in [-0.1, -0.05) is 11.6 Å². The average molecular weight is 366 g/mol. The largest absolute Gasteiger partial charge is 0.452 e. The normalized spacial score (nSPS) is 15.6. The van der Waals surface area contributed by atoms with Gasteiger partial charge in [-0.3, -0.25) is 0 Å². The predicted molar refractivity (Wildman–Crippen MR) is 91.1 cm³/mol. The Morgan fingerprint density at radius 3 is 2.84 bits per heavy atom. The number of imide groups is 1. The van der Waals surface area contributed by atoms with Crippen molar-refractivity contribution in [3.8, 4) is 0 Å². The van der Waals surface area contributed by atoms with Crippen LogP contribution in [-0.4, -0.2) is 28.7 Å². The highest BCUT2D eigenvalue weighted by molar-refractivity contribution is 6.31. The molecule has 1 aromatic carbocycles. The average Bonchev–Trinajstić information content (AvgIpc) is 3.11. The number of fused-ring (bicyclic) bond motifs is 1. The van der Waals surface area contributed by atoms with Crippen LogP contribution in [0.2, 0.25) is 5.02 Å². The van der Waals surface area contributed by atoms with Crippen LogP contribution in [0.15, 0.2) is 30.6 Å². The van der Waals surface area contributed by atoms with Crippen molar-refractivity contribution < 1.29 is 18.7 Å². The molecule has 1 heterocycles. The Hall–Kier alpha value is -2.54. The molecule has 0 saturated carbocycles. The van der Waals surface area contributed by atoms with Crippen molar-refractivity contribution in [1.82, 2.24) is 9.47 Å². The first-order chi connectivity index (χ1) is 11.9. The van der Waals surface area contributed by atoms with Crippen LogP contribution in [0.5, 0.6) is 0 Å². The third-order valence-corrected chi connectivity index (χ3v) is 4.48. The fourth-order valence-electron chi connectivity index (χ4n) is 3.09. The van der Waals surface area contributed by atoms with Crippen molar-refractivity contribution in [2.45, 2.75) is 18.9 Å². The third-order valence-electron chi connectivity index (χ3n) is 4.19. The molecule has 0 bridgehead atoms. The second-order valence-electron chi connectivity index (χ2n) is 5.86. The number of nitrogens with zero attached hydrogens (tertiary/aromatic N) is 2. The number of ether oxygens (including phenoxy) is 1. The van der Waals surface area contributed by atoms with E-state index in [9.17, 15) is 14.0 Å². The molecule has 132 valence electrons. The fourth-order valence-corrected chi connectivity index (χ4v) is 3.27. The molecule has 0 fully saturated rings. The van der Waals surface area contributed by atoms with E-state index in [0.29, 0.717) is 6.42 Å². The number of carbonyl (C=O) groups is 2. The molecule has 25 heavy (non-hydrogen) atoms. The van der Waals surface area contributed by atoms with Crippen LogP contribution >= 0.6 is 11.6 Å². The standard InChI is InChI=1S/C17H17ClFN3O3/c1-21-8-10-3-6-15(12(10)9-21)22(17(24)25-2)16(23)20-11-4-5-14(19)13(18)7-11/h4-5,7-9,15H,3,6H2,1-2H3,(H,20,23)/t15-/m0/s1. The Morgan fingerprint density at radius 1 is 1.40 bits per heavy atom. The summed E-state index contributed by atoms with van der Waals surface area (Å²) in [7, 11) is 3.11. The number of halogens is 2. The summed E-state index contributed by atoms with van der Waals surface area (Å²) in [6.07, 6.45) is 4.50. The summed E-state index contributed by atoms with van der Waals surface area (Å²) >= 11 is 5.73. The van der Waals surface area contributed by atoms with Gasteiger partial charge in [0.1, 0.15) is 5.82 Å². The first-order valence-electron chi connectivity index (χ1n) is 7.68. The lowest BCUT2D eigenvalue weighted by Crippen LogP contribution is -2.42. The van der Waals surface area contributed by atoms with Crippen molar-refractivity contribution in [2.24, 2.45) is 7.05 Å². The number of methoxy groups -OCH3 is 1. The van der Waals surface area contributed by atoms with E-state index in [4.69, 9.17) is 16.3 Å². The first-order valence-corrected chi connectivity index (χ1v) is 8.06. The molecule has 1 aromatic heterocycles. The van der Waals surface area contributed by atoms with Gasteiger partial charge in [0.05, 0.1) is 18.2 Å². The second-order valence-corrected chi connectivity index (χ2v) is 6.26. The van der Waals surface area contributed by atoms with Crippen LogP contribution in [0.25, 0.3) is 0 Å². The van der Waals surface area contributed by atoms with Gasteiger partial charge in [-0.25, -0.2) is 18.9 Å². The number of benzene rings is 1. The second kappa shape index (κ2) is 6.76. The van der Waals surface area contributed by atoms with Crippen molar-refractivity contribution in [3.05, 3.63) is 52.6 Å². The smallest absolute Gasteiger partial charge is 0.418 e. The lowest BCUT2D eigenvalue weighted by molar-refractivity contribution is 0.118. The van der Waals surface area contributed by atoms with E-state index >= 15 is 0 Å². The van der Waals surface area contributed by atoms with Crippen molar-refractivity contribution in [3.63, 3.8) is 0 Å². The minimum Gasteiger partial charge on any atom is -0.452 e. The van der Waals surface area contributed by atoms with Gasteiger partial charge in [-0.15, -0.1) is 0 Å². The zero-order valence-corrected chi connectivity index (χ0v) is 14.5. The maximum absolute atomic E-state index is 13.3. The highest BCUT2D eigenvalue weighted by Crippen LogP contribution is 2.37. The number of anilines is 1. The number of urea groups is 1. The molecule has 0 aliphatic heterocycles. The van der Waals surface area contributed by atoms with Gasteiger partial charge < -0.3 is 14.6 Å². The molecule has 6 nitrogen and oxygen atoms in total. The summed E-state index contributed by atoms with van der Waals surface area (Å²) in [5.41, 5.74) is 2.30. The Balaban J connectivity index is 1.87. The number of amides is 3. The molecule has 0 radical (unpaired) electrons. The minimum absolute atomic E-state index is 0.117. The summed E-state index contributed by atoms with van der Waals surface area (Å²) in [5, 5.41) is 2.45. The number of hydrogen-bond acceptors (Lipinski definition) is 3. The van der Waals surface area contributed by atoms with Gasteiger partial charge in [-0.05, 0) is 42.2 Å².